The number of carbonyl (C=O) groups is 2. The molecule has 24 heavy (non-hydrogen) atoms. The van der Waals surface area contributed by atoms with E-state index in [0.717, 1.165) is 11.1 Å². The van der Waals surface area contributed by atoms with Crippen LogP contribution in [0.5, 0.6) is 5.75 Å². The van der Waals surface area contributed by atoms with Crippen molar-refractivity contribution >= 4 is 27.7 Å². The van der Waals surface area contributed by atoms with Gasteiger partial charge in [0.15, 0.2) is 0 Å². The predicted octanol–water partition coefficient (Wildman–Crippen LogP) is 3.09. The molecule has 0 saturated carbocycles. The largest absolute Gasteiger partial charge is 0.506 e. The summed E-state index contributed by atoms with van der Waals surface area (Å²) in [4.78, 5) is 25.6. The molecular weight excluding hydrogens is 372 g/mol. The van der Waals surface area contributed by atoms with E-state index in [-0.39, 0.29) is 23.1 Å². The number of amides is 2. The van der Waals surface area contributed by atoms with E-state index in [4.69, 9.17) is 0 Å². The van der Waals surface area contributed by atoms with Gasteiger partial charge >= 0.3 is 0 Å². The number of aryl methyl sites for hydroxylation is 1. The van der Waals surface area contributed by atoms with Crippen LogP contribution in [0.25, 0.3) is 0 Å². The molecule has 126 valence electrons. The topological polar surface area (TPSA) is 69.6 Å². The van der Waals surface area contributed by atoms with Gasteiger partial charge in [0.25, 0.3) is 11.8 Å². The molecule has 2 aromatic rings. The zero-order valence-corrected chi connectivity index (χ0v) is 15.3. The molecule has 0 heterocycles. The zero-order chi connectivity index (χ0) is 17.9. The van der Waals surface area contributed by atoms with Crippen molar-refractivity contribution in [3.8, 4) is 5.75 Å². The molecule has 0 spiro atoms. The number of hydrogen-bond donors (Lipinski definition) is 2. The number of halogens is 1. The highest BCUT2D eigenvalue weighted by molar-refractivity contribution is 9.10. The Morgan fingerprint density at radius 2 is 1.83 bits per heavy atom. The van der Waals surface area contributed by atoms with E-state index in [0.29, 0.717) is 16.6 Å². The molecule has 0 bridgehead atoms. The smallest absolute Gasteiger partial charge is 0.257 e. The van der Waals surface area contributed by atoms with Crippen molar-refractivity contribution in [3.05, 3.63) is 63.1 Å². The van der Waals surface area contributed by atoms with Crippen LogP contribution in [-0.4, -0.2) is 35.9 Å². The second kappa shape index (κ2) is 7.49. The Labute approximate surface area is 149 Å². The van der Waals surface area contributed by atoms with Crippen molar-refractivity contribution in [2.75, 3.05) is 14.1 Å². The molecule has 0 aromatic heterocycles. The molecule has 0 saturated heterocycles. The average molecular weight is 391 g/mol. The monoisotopic (exact) mass is 390 g/mol. The number of nitrogens with zero attached hydrogens (tertiary/aromatic N) is 1. The quantitative estimate of drug-likeness (QED) is 0.842. The van der Waals surface area contributed by atoms with Gasteiger partial charge in [-0.3, -0.25) is 9.59 Å². The Hall–Kier alpha value is -2.34. The fourth-order valence-electron chi connectivity index (χ4n) is 2.35. The van der Waals surface area contributed by atoms with Crippen molar-refractivity contribution in [2.45, 2.75) is 13.5 Å². The molecule has 6 heteroatoms. The van der Waals surface area contributed by atoms with E-state index >= 15 is 0 Å². The molecule has 2 N–H and O–H groups in total. The van der Waals surface area contributed by atoms with Gasteiger partial charge in [0.05, 0.1) is 10.0 Å². The molecule has 0 atom stereocenters. The van der Waals surface area contributed by atoms with E-state index < -0.39 is 0 Å². The minimum atomic E-state index is -0.271. The Kier molecular flexibility index (Phi) is 5.62. The second-order valence-electron chi connectivity index (χ2n) is 5.58. The fraction of sp³-hybridized carbons (Fsp3) is 0.222. The van der Waals surface area contributed by atoms with Crippen molar-refractivity contribution in [1.29, 1.82) is 0 Å². The first-order valence-electron chi connectivity index (χ1n) is 7.39. The molecule has 0 aliphatic carbocycles. The summed E-state index contributed by atoms with van der Waals surface area (Å²) < 4.78 is 0.495. The van der Waals surface area contributed by atoms with Crippen LogP contribution in [0.3, 0.4) is 0 Å². The SMILES string of the molecule is CNC(=O)c1ccc(CN(C)C(=O)c2cc(C)cc(Br)c2O)cc1. The molecule has 0 radical (unpaired) electrons. The summed E-state index contributed by atoms with van der Waals surface area (Å²) in [7, 11) is 3.25. The number of nitrogens with one attached hydrogen (secondary N) is 1. The number of aromatic hydroxyl groups is 1. The second-order valence-corrected chi connectivity index (χ2v) is 6.43. The minimum absolute atomic E-state index is 0.0626. The average Bonchev–Trinajstić information content (AvgIpc) is 2.57. The first kappa shape index (κ1) is 18.0. The van der Waals surface area contributed by atoms with Crippen molar-refractivity contribution in [2.24, 2.45) is 0 Å². The molecule has 5 nitrogen and oxygen atoms in total. The summed E-state index contributed by atoms with van der Waals surface area (Å²) in [5.41, 5.74) is 2.60. The number of phenolic OH excluding ortho intramolecular Hbond substituents is 1. The molecular formula is C18H19BrN2O3. The van der Waals surface area contributed by atoms with Crippen LogP contribution in [0.15, 0.2) is 40.9 Å². The van der Waals surface area contributed by atoms with Gasteiger partial charge in [-0.05, 0) is 58.2 Å². The summed E-state index contributed by atoms with van der Waals surface area (Å²) in [6.07, 6.45) is 0. The lowest BCUT2D eigenvalue weighted by Gasteiger charge is -2.19. The van der Waals surface area contributed by atoms with Crippen LogP contribution in [0, 0.1) is 6.92 Å². The molecule has 0 aliphatic heterocycles. The van der Waals surface area contributed by atoms with E-state index in [1.54, 1.807) is 50.5 Å². The summed E-state index contributed by atoms with van der Waals surface area (Å²) >= 11 is 3.25. The third-order valence-electron chi connectivity index (χ3n) is 3.65. The van der Waals surface area contributed by atoms with Crippen LogP contribution >= 0.6 is 15.9 Å². The van der Waals surface area contributed by atoms with Gasteiger partial charge in [0.2, 0.25) is 0 Å². The van der Waals surface area contributed by atoms with Gasteiger partial charge in [-0.1, -0.05) is 12.1 Å². The fourth-order valence-corrected chi connectivity index (χ4v) is 2.93. The van der Waals surface area contributed by atoms with Crippen molar-refractivity contribution in [3.63, 3.8) is 0 Å². The number of rotatable bonds is 4. The zero-order valence-electron chi connectivity index (χ0n) is 13.8. The van der Waals surface area contributed by atoms with Crippen molar-refractivity contribution in [1.82, 2.24) is 10.2 Å². The highest BCUT2D eigenvalue weighted by atomic mass is 79.9. The van der Waals surface area contributed by atoms with Crippen LogP contribution in [0.1, 0.15) is 31.8 Å². The summed E-state index contributed by atoms with van der Waals surface area (Å²) in [6.45, 7) is 2.23. The van der Waals surface area contributed by atoms with Gasteiger partial charge in [-0.15, -0.1) is 0 Å². The maximum Gasteiger partial charge on any atom is 0.257 e. The lowest BCUT2D eigenvalue weighted by molar-refractivity contribution is 0.0781. The number of hydrogen-bond acceptors (Lipinski definition) is 3. The minimum Gasteiger partial charge on any atom is -0.506 e. The lowest BCUT2D eigenvalue weighted by Crippen LogP contribution is -2.26. The molecule has 2 aromatic carbocycles. The van der Waals surface area contributed by atoms with Gasteiger partial charge in [-0.2, -0.15) is 0 Å². The van der Waals surface area contributed by atoms with E-state index in [2.05, 4.69) is 21.2 Å². The van der Waals surface area contributed by atoms with Gasteiger partial charge < -0.3 is 15.3 Å². The summed E-state index contributed by atoms with van der Waals surface area (Å²) in [5, 5.41) is 12.7. The first-order chi connectivity index (χ1) is 11.3. The molecule has 2 amide bonds. The standard InChI is InChI=1S/C18H19BrN2O3/c1-11-8-14(16(22)15(19)9-11)18(24)21(3)10-12-4-6-13(7-5-12)17(23)20-2/h4-9,22H,10H2,1-3H3,(H,20,23). The number of carbonyl (C=O) groups excluding carboxylic acids is 2. The van der Waals surface area contributed by atoms with Crippen molar-refractivity contribution < 1.29 is 14.7 Å². The Morgan fingerprint density at radius 1 is 1.21 bits per heavy atom. The molecule has 2 rings (SSSR count). The van der Waals surface area contributed by atoms with E-state index in [9.17, 15) is 14.7 Å². The summed E-state index contributed by atoms with van der Waals surface area (Å²) in [5.74, 6) is -0.486. The van der Waals surface area contributed by atoms with Gasteiger partial charge in [-0.25, -0.2) is 0 Å². The normalized spacial score (nSPS) is 10.3. The molecule has 0 fully saturated rings. The van der Waals surface area contributed by atoms with Crippen LogP contribution in [0.2, 0.25) is 0 Å². The third kappa shape index (κ3) is 3.94. The van der Waals surface area contributed by atoms with Gasteiger partial charge in [0.1, 0.15) is 5.75 Å². The van der Waals surface area contributed by atoms with Crippen LogP contribution in [-0.2, 0) is 6.54 Å². The number of benzene rings is 2. The molecule has 0 unspecified atom stereocenters. The first-order valence-corrected chi connectivity index (χ1v) is 8.18. The lowest BCUT2D eigenvalue weighted by atomic mass is 10.1. The maximum absolute atomic E-state index is 12.6. The van der Waals surface area contributed by atoms with Gasteiger partial charge in [0, 0.05) is 26.2 Å². The summed E-state index contributed by atoms with van der Waals surface area (Å²) in [6, 6.07) is 10.5. The van der Waals surface area contributed by atoms with Crippen LogP contribution in [0.4, 0.5) is 0 Å². The van der Waals surface area contributed by atoms with E-state index in [1.807, 2.05) is 6.92 Å². The third-order valence-corrected chi connectivity index (χ3v) is 4.25. The molecule has 0 aliphatic rings. The highest BCUT2D eigenvalue weighted by Gasteiger charge is 2.18. The Morgan fingerprint density at radius 3 is 2.42 bits per heavy atom. The number of phenols is 1. The maximum atomic E-state index is 12.6. The van der Waals surface area contributed by atoms with Crippen LogP contribution < -0.4 is 5.32 Å². The predicted molar refractivity (Wildman–Crippen MR) is 96.2 cm³/mol. The Bertz CT molecular complexity index is 773. The highest BCUT2D eigenvalue weighted by Crippen LogP contribution is 2.30. The van der Waals surface area contributed by atoms with E-state index in [1.165, 1.54) is 4.90 Å². The Balaban J connectivity index is 2.16.